The number of carboxylic acid groups (broad SMARTS) is 1. The van der Waals surface area contributed by atoms with E-state index in [0.29, 0.717) is 4.70 Å². The van der Waals surface area contributed by atoms with Crippen molar-refractivity contribution in [1.82, 2.24) is 9.97 Å². The SMILES string of the molecule is O=C(O)c1nc2nc(C(F)(F)F)ccc2s1. The summed E-state index contributed by atoms with van der Waals surface area (Å²) >= 11 is 0.784. The van der Waals surface area contributed by atoms with E-state index >= 15 is 0 Å². The summed E-state index contributed by atoms with van der Waals surface area (Å²) in [6.45, 7) is 0. The molecule has 0 aromatic carbocycles. The second kappa shape index (κ2) is 3.41. The molecule has 2 rings (SSSR count). The van der Waals surface area contributed by atoms with E-state index in [0.717, 1.165) is 23.5 Å². The molecule has 0 aliphatic heterocycles. The summed E-state index contributed by atoms with van der Waals surface area (Å²) in [7, 11) is 0. The van der Waals surface area contributed by atoms with Gasteiger partial charge in [0.25, 0.3) is 0 Å². The molecule has 0 spiro atoms. The predicted octanol–water partition coefficient (Wildman–Crippen LogP) is 2.41. The number of rotatable bonds is 1. The van der Waals surface area contributed by atoms with Crippen LogP contribution in [0.1, 0.15) is 15.5 Å². The van der Waals surface area contributed by atoms with Crippen molar-refractivity contribution in [1.29, 1.82) is 0 Å². The van der Waals surface area contributed by atoms with Crippen LogP contribution in [0.3, 0.4) is 0 Å². The van der Waals surface area contributed by atoms with Crippen LogP contribution in [0.15, 0.2) is 12.1 Å². The maximum absolute atomic E-state index is 12.3. The van der Waals surface area contributed by atoms with E-state index in [9.17, 15) is 18.0 Å². The fourth-order valence-electron chi connectivity index (χ4n) is 1.07. The maximum Gasteiger partial charge on any atom is 0.433 e. The fraction of sp³-hybridized carbons (Fsp3) is 0.125. The molecule has 4 nitrogen and oxygen atoms in total. The number of aromatic nitrogens is 2. The molecule has 0 aliphatic carbocycles. The Morgan fingerprint density at radius 3 is 2.56 bits per heavy atom. The Balaban J connectivity index is 2.58. The van der Waals surface area contributed by atoms with Crippen molar-refractivity contribution >= 4 is 27.7 Å². The Labute approximate surface area is 90.4 Å². The summed E-state index contributed by atoms with van der Waals surface area (Å²) in [6, 6.07) is 1.96. The molecule has 2 heterocycles. The van der Waals surface area contributed by atoms with Crippen LogP contribution < -0.4 is 0 Å². The minimum Gasteiger partial charge on any atom is -0.476 e. The normalized spacial score (nSPS) is 11.9. The minimum atomic E-state index is -4.55. The summed E-state index contributed by atoms with van der Waals surface area (Å²) in [5, 5.41) is 8.34. The third-order valence-electron chi connectivity index (χ3n) is 1.73. The lowest BCUT2D eigenvalue weighted by atomic mass is 10.3. The Hall–Kier alpha value is -1.70. The average Bonchev–Trinajstić information content (AvgIpc) is 2.58. The van der Waals surface area contributed by atoms with E-state index < -0.39 is 17.8 Å². The van der Waals surface area contributed by atoms with Crippen LogP contribution in [0.2, 0.25) is 0 Å². The Morgan fingerprint density at radius 2 is 2.00 bits per heavy atom. The number of thiazole rings is 1. The lowest BCUT2D eigenvalue weighted by Gasteiger charge is -2.03. The first kappa shape index (κ1) is 10.8. The molecule has 0 bridgehead atoms. The number of nitrogens with zero attached hydrogens (tertiary/aromatic N) is 2. The van der Waals surface area contributed by atoms with Crippen LogP contribution in [0.5, 0.6) is 0 Å². The van der Waals surface area contributed by atoms with Gasteiger partial charge < -0.3 is 5.11 Å². The highest BCUT2D eigenvalue weighted by molar-refractivity contribution is 7.20. The van der Waals surface area contributed by atoms with Gasteiger partial charge in [0, 0.05) is 0 Å². The van der Waals surface area contributed by atoms with E-state index in [1.807, 2.05) is 0 Å². The van der Waals surface area contributed by atoms with E-state index in [1.165, 1.54) is 0 Å². The molecule has 84 valence electrons. The number of carbonyl (C=O) groups is 1. The topological polar surface area (TPSA) is 63.1 Å². The second-order valence-electron chi connectivity index (χ2n) is 2.84. The van der Waals surface area contributed by atoms with Gasteiger partial charge in [0.05, 0.1) is 4.70 Å². The quantitative estimate of drug-likeness (QED) is 0.841. The second-order valence-corrected chi connectivity index (χ2v) is 3.87. The molecule has 8 heteroatoms. The van der Waals surface area contributed by atoms with Gasteiger partial charge in [0.2, 0.25) is 5.01 Å². The van der Waals surface area contributed by atoms with Gasteiger partial charge in [0.1, 0.15) is 5.69 Å². The van der Waals surface area contributed by atoms with Crippen LogP contribution in [-0.2, 0) is 6.18 Å². The van der Waals surface area contributed by atoms with Crippen LogP contribution in [0.25, 0.3) is 10.3 Å². The monoisotopic (exact) mass is 248 g/mol. The number of hydrogen-bond donors (Lipinski definition) is 1. The molecule has 0 saturated carbocycles. The van der Waals surface area contributed by atoms with Crippen molar-refractivity contribution in [3.05, 3.63) is 22.8 Å². The molecule has 2 aromatic heterocycles. The molecule has 0 aliphatic rings. The summed E-state index contributed by atoms with van der Waals surface area (Å²) in [5.74, 6) is -1.28. The summed E-state index contributed by atoms with van der Waals surface area (Å²) < 4.78 is 37.1. The van der Waals surface area contributed by atoms with Gasteiger partial charge >= 0.3 is 12.1 Å². The van der Waals surface area contributed by atoms with Crippen molar-refractivity contribution in [2.75, 3.05) is 0 Å². The zero-order chi connectivity index (χ0) is 11.9. The molecule has 0 unspecified atom stereocenters. The predicted molar refractivity (Wildman–Crippen MR) is 49.4 cm³/mol. The molecule has 2 aromatic rings. The fourth-order valence-corrected chi connectivity index (χ4v) is 1.81. The van der Waals surface area contributed by atoms with Crippen molar-refractivity contribution in [2.45, 2.75) is 6.18 Å². The zero-order valence-electron chi connectivity index (χ0n) is 7.45. The first-order chi connectivity index (χ1) is 7.38. The van der Waals surface area contributed by atoms with Crippen LogP contribution in [0.4, 0.5) is 13.2 Å². The number of fused-ring (bicyclic) bond motifs is 1. The minimum absolute atomic E-state index is 0.197. The molecular weight excluding hydrogens is 245 g/mol. The van der Waals surface area contributed by atoms with Crippen molar-refractivity contribution in [3.63, 3.8) is 0 Å². The van der Waals surface area contributed by atoms with Gasteiger partial charge in [-0.1, -0.05) is 0 Å². The first-order valence-electron chi connectivity index (χ1n) is 3.96. The van der Waals surface area contributed by atoms with Gasteiger partial charge in [-0.05, 0) is 12.1 Å². The van der Waals surface area contributed by atoms with Crippen LogP contribution >= 0.6 is 11.3 Å². The highest BCUT2D eigenvalue weighted by Gasteiger charge is 2.32. The highest BCUT2D eigenvalue weighted by Crippen LogP contribution is 2.30. The highest BCUT2D eigenvalue weighted by atomic mass is 32.1. The lowest BCUT2D eigenvalue weighted by molar-refractivity contribution is -0.141. The van der Waals surface area contributed by atoms with E-state index in [1.54, 1.807) is 0 Å². The summed E-state index contributed by atoms with van der Waals surface area (Å²) in [6.07, 6.45) is -4.55. The number of aromatic carboxylic acids is 1. The van der Waals surface area contributed by atoms with Gasteiger partial charge in [-0.2, -0.15) is 13.2 Å². The van der Waals surface area contributed by atoms with Crippen LogP contribution in [-0.4, -0.2) is 21.0 Å². The van der Waals surface area contributed by atoms with Crippen LogP contribution in [0, 0.1) is 0 Å². The zero-order valence-corrected chi connectivity index (χ0v) is 8.26. The summed E-state index contributed by atoms with van der Waals surface area (Å²) in [4.78, 5) is 17.3. The Morgan fingerprint density at radius 1 is 1.31 bits per heavy atom. The molecule has 0 saturated heterocycles. The number of halogens is 3. The number of hydrogen-bond acceptors (Lipinski definition) is 4. The Bertz CT molecular complexity index is 564. The van der Waals surface area contributed by atoms with E-state index in [-0.39, 0.29) is 10.7 Å². The number of alkyl halides is 3. The molecule has 0 fully saturated rings. The third-order valence-corrected chi connectivity index (χ3v) is 2.72. The van der Waals surface area contributed by atoms with Gasteiger partial charge in [-0.15, -0.1) is 11.3 Å². The molecule has 0 radical (unpaired) electrons. The molecule has 16 heavy (non-hydrogen) atoms. The van der Waals surface area contributed by atoms with E-state index in [4.69, 9.17) is 5.11 Å². The lowest BCUT2D eigenvalue weighted by Crippen LogP contribution is -2.07. The average molecular weight is 248 g/mol. The Kier molecular flexibility index (Phi) is 2.30. The molecule has 0 atom stereocenters. The standard InChI is InChI=1S/C8H3F3N2O2S/c9-8(10,11)4-2-1-3-5(12-4)13-6(16-3)7(14)15/h1-2H,(H,14,15). The maximum atomic E-state index is 12.3. The summed E-state index contributed by atoms with van der Waals surface area (Å²) in [5.41, 5.74) is -1.28. The van der Waals surface area contributed by atoms with Gasteiger partial charge in [-0.25, -0.2) is 14.8 Å². The largest absolute Gasteiger partial charge is 0.476 e. The van der Waals surface area contributed by atoms with Crippen molar-refractivity contribution in [3.8, 4) is 0 Å². The molecular formula is C8H3F3N2O2S. The third kappa shape index (κ3) is 1.83. The van der Waals surface area contributed by atoms with Gasteiger partial charge in [0.15, 0.2) is 5.65 Å². The molecule has 0 amide bonds. The molecule has 1 N–H and O–H groups in total. The number of pyridine rings is 1. The van der Waals surface area contributed by atoms with Gasteiger partial charge in [-0.3, -0.25) is 0 Å². The van der Waals surface area contributed by atoms with E-state index in [2.05, 4.69) is 9.97 Å². The van der Waals surface area contributed by atoms with Crippen molar-refractivity contribution in [2.24, 2.45) is 0 Å². The number of carboxylic acids is 1. The smallest absolute Gasteiger partial charge is 0.433 e. The van der Waals surface area contributed by atoms with Crippen molar-refractivity contribution < 1.29 is 23.1 Å². The first-order valence-corrected chi connectivity index (χ1v) is 4.77.